The van der Waals surface area contributed by atoms with Gasteiger partial charge >= 0.3 is 5.97 Å². The standard InChI is InChI=1S/C19H26FNO6S2/c1-3-27-19(22)14-6-8-21(9-7-14)17-11-28(23,24)12-18(17)29(25,26)15-4-5-16(20)13(2)10-15/h4-5,10,14,17-18H,3,6-9,11-12H2,1-2H3/t17-,18-/m1/s1. The average Bonchev–Trinajstić information content (AvgIpc) is 3.00. The molecule has 7 nitrogen and oxygen atoms in total. The van der Waals surface area contributed by atoms with Crippen molar-refractivity contribution in [1.82, 2.24) is 4.90 Å². The van der Waals surface area contributed by atoms with Crippen LogP contribution in [-0.4, -0.2) is 70.2 Å². The Morgan fingerprint density at radius 2 is 1.90 bits per heavy atom. The number of esters is 1. The maximum absolute atomic E-state index is 13.6. The van der Waals surface area contributed by atoms with E-state index in [4.69, 9.17) is 4.74 Å². The number of hydrogen-bond acceptors (Lipinski definition) is 7. The first kappa shape index (κ1) is 22.2. The van der Waals surface area contributed by atoms with Gasteiger partial charge in [0.15, 0.2) is 19.7 Å². The minimum absolute atomic E-state index is 0.0649. The van der Waals surface area contributed by atoms with E-state index in [9.17, 15) is 26.0 Å². The lowest BCUT2D eigenvalue weighted by molar-refractivity contribution is -0.149. The van der Waals surface area contributed by atoms with Gasteiger partial charge in [-0.1, -0.05) is 0 Å². The third kappa shape index (κ3) is 4.64. The van der Waals surface area contributed by atoms with Crippen LogP contribution in [0.1, 0.15) is 25.3 Å². The monoisotopic (exact) mass is 447 g/mol. The number of likely N-dealkylation sites (tertiary alicyclic amines) is 1. The smallest absolute Gasteiger partial charge is 0.309 e. The number of sulfone groups is 2. The first-order valence-corrected chi connectivity index (χ1v) is 13.0. The van der Waals surface area contributed by atoms with Crippen LogP contribution in [0.15, 0.2) is 23.1 Å². The van der Waals surface area contributed by atoms with E-state index in [1.54, 1.807) is 6.92 Å². The Labute approximate surface area is 171 Å². The second-order valence-corrected chi connectivity index (χ2v) is 12.0. The summed E-state index contributed by atoms with van der Waals surface area (Å²) in [6.07, 6.45) is 0.996. The molecule has 3 rings (SSSR count). The lowest BCUT2D eigenvalue weighted by atomic mass is 9.95. The highest BCUT2D eigenvalue weighted by Gasteiger charge is 2.49. The van der Waals surface area contributed by atoms with Gasteiger partial charge in [0.2, 0.25) is 0 Å². The van der Waals surface area contributed by atoms with E-state index in [2.05, 4.69) is 0 Å². The fourth-order valence-electron chi connectivity index (χ4n) is 4.13. The molecular weight excluding hydrogens is 421 g/mol. The summed E-state index contributed by atoms with van der Waals surface area (Å²) in [5.74, 6) is -1.72. The van der Waals surface area contributed by atoms with Gasteiger partial charge in [0.25, 0.3) is 0 Å². The lowest BCUT2D eigenvalue weighted by Crippen LogP contribution is -2.50. The van der Waals surface area contributed by atoms with Crippen molar-refractivity contribution in [3.8, 4) is 0 Å². The molecule has 1 aromatic rings. The molecular formula is C19H26FNO6S2. The normalized spacial score (nSPS) is 25.8. The van der Waals surface area contributed by atoms with E-state index >= 15 is 0 Å². The van der Waals surface area contributed by atoms with Gasteiger partial charge in [-0.05, 0) is 63.5 Å². The molecule has 29 heavy (non-hydrogen) atoms. The maximum Gasteiger partial charge on any atom is 0.309 e. The SMILES string of the molecule is CCOC(=O)C1CCN([C@@H]2CS(=O)(=O)C[C@H]2S(=O)(=O)c2ccc(F)c(C)c2)CC1. The number of piperidine rings is 1. The van der Waals surface area contributed by atoms with Crippen LogP contribution in [0.3, 0.4) is 0 Å². The third-order valence-electron chi connectivity index (χ3n) is 5.75. The zero-order valence-electron chi connectivity index (χ0n) is 16.5. The van der Waals surface area contributed by atoms with Crippen molar-refractivity contribution in [2.45, 2.75) is 42.9 Å². The van der Waals surface area contributed by atoms with Crippen molar-refractivity contribution in [3.63, 3.8) is 0 Å². The van der Waals surface area contributed by atoms with Gasteiger partial charge in [0, 0.05) is 6.04 Å². The summed E-state index contributed by atoms with van der Waals surface area (Å²) in [7, 11) is -7.49. The van der Waals surface area contributed by atoms with Gasteiger partial charge in [-0.3, -0.25) is 9.69 Å². The maximum atomic E-state index is 13.6. The molecule has 2 atom stereocenters. The molecule has 0 saturated carbocycles. The number of carbonyl (C=O) groups excluding carboxylic acids is 1. The fourth-order valence-corrected chi connectivity index (χ4v) is 9.04. The quantitative estimate of drug-likeness (QED) is 0.496. The van der Waals surface area contributed by atoms with Gasteiger partial charge in [-0.25, -0.2) is 21.2 Å². The highest BCUT2D eigenvalue weighted by molar-refractivity contribution is 7.96. The van der Waals surface area contributed by atoms with Crippen LogP contribution >= 0.6 is 0 Å². The Balaban J connectivity index is 1.83. The fraction of sp³-hybridized carbons (Fsp3) is 0.632. The molecule has 2 saturated heterocycles. The Hall–Kier alpha value is -1.52. The second kappa shape index (κ2) is 8.31. The van der Waals surface area contributed by atoms with E-state index in [0.717, 1.165) is 6.07 Å². The highest BCUT2D eigenvalue weighted by atomic mass is 32.2. The Kier molecular flexibility index (Phi) is 6.35. The predicted molar refractivity (Wildman–Crippen MR) is 105 cm³/mol. The summed E-state index contributed by atoms with van der Waals surface area (Å²) in [6, 6.07) is 2.84. The van der Waals surface area contributed by atoms with Crippen molar-refractivity contribution in [3.05, 3.63) is 29.6 Å². The van der Waals surface area contributed by atoms with Crippen molar-refractivity contribution in [2.24, 2.45) is 5.92 Å². The molecule has 10 heteroatoms. The largest absolute Gasteiger partial charge is 0.466 e. The van der Waals surface area contributed by atoms with Crippen LogP contribution in [0, 0.1) is 18.7 Å². The number of carbonyl (C=O) groups is 1. The topological polar surface area (TPSA) is 97.8 Å². The highest BCUT2D eigenvalue weighted by Crippen LogP contribution is 2.32. The average molecular weight is 448 g/mol. The lowest BCUT2D eigenvalue weighted by Gasteiger charge is -2.36. The van der Waals surface area contributed by atoms with Crippen LogP contribution in [0.4, 0.5) is 4.39 Å². The molecule has 0 aromatic heterocycles. The summed E-state index contributed by atoms with van der Waals surface area (Å²) < 4.78 is 69.7. The summed E-state index contributed by atoms with van der Waals surface area (Å²) in [4.78, 5) is 13.7. The van der Waals surface area contributed by atoms with Crippen molar-refractivity contribution in [2.75, 3.05) is 31.2 Å². The number of aryl methyl sites for hydroxylation is 1. The Morgan fingerprint density at radius 3 is 2.48 bits per heavy atom. The molecule has 0 spiro atoms. The molecule has 162 valence electrons. The van der Waals surface area contributed by atoms with Gasteiger partial charge in [0.1, 0.15) is 5.82 Å². The molecule has 2 aliphatic heterocycles. The van der Waals surface area contributed by atoms with Gasteiger partial charge in [0.05, 0.1) is 34.2 Å². The van der Waals surface area contributed by atoms with E-state index in [1.807, 2.05) is 4.90 Å². The van der Waals surface area contributed by atoms with E-state index < -0.39 is 42.5 Å². The zero-order chi connectivity index (χ0) is 21.4. The number of halogens is 1. The first-order chi connectivity index (χ1) is 13.5. The van der Waals surface area contributed by atoms with Crippen LogP contribution in [0.2, 0.25) is 0 Å². The number of nitrogens with zero attached hydrogens (tertiary/aromatic N) is 1. The van der Waals surface area contributed by atoms with Crippen LogP contribution in [0.25, 0.3) is 0 Å². The molecule has 0 unspecified atom stereocenters. The molecule has 0 radical (unpaired) electrons. The first-order valence-electron chi connectivity index (χ1n) is 9.66. The van der Waals surface area contributed by atoms with Crippen LogP contribution < -0.4 is 0 Å². The van der Waals surface area contributed by atoms with Crippen LogP contribution in [-0.2, 0) is 29.2 Å². The van der Waals surface area contributed by atoms with Crippen molar-refractivity contribution in [1.29, 1.82) is 0 Å². The molecule has 0 aliphatic carbocycles. The molecule has 2 fully saturated rings. The third-order valence-corrected chi connectivity index (χ3v) is 9.86. The van der Waals surface area contributed by atoms with Gasteiger partial charge in [-0.15, -0.1) is 0 Å². The number of benzene rings is 1. The molecule has 0 bridgehead atoms. The number of hydrogen-bond donors (Lipinski definition) is 0. The Morgan fingerprint density at radius 1 is 1.24 bits per heavy atom. The molecule has 2 aliphatic rings. The van der Waals surface area contributed by atoms with E-state index in [-0.39, 0.29) is 28.1 Å². The number of rotatable bonds is 5. The van der Waals surface area contributed by atoms with Gasteiger partial charge < -0.3 is 4.74 Å². The van der Waals surface area contributed by atoms with Crippen LogP contribution in [0.5, 0.6) is 0 Å². The second-order valence-electron chi connectivity index (χ2n) is 7.70. The Bertz CT molecular complexity index is 984. The minimum Gasteiger partial charge on any atom is -0.466 e. The summed E-state index contributed by atoms with van der Waals surface area (Å²) >= 11 is 0. The summed E-state index contributed by atoms with van der Waals surface area (Å²) in [5, 5.41) is -1.11. The van der Waals surface area contributed by atoms with Crippen molar-refractivity contribution < 1.29 is 30.8 Å². The van der Waals surface area contributed by atoms with Crippen molar-refractivity contribution >= 4 is 25.6 Å². The minimum atomic E-state index is -3.97. The molecule has 2 heterocycles. The molecule has 1 aromatic carbocycles. The van der Waals surface area contributed by atoms with Gasteiger partial charge in [-0.2, -0.15) is 0 Å². The zero-order valence-corrected chi connectivity index (χ0v) is 18.1. The molecule has 0 amide bonds. The summed E-state index contributed by atoms with van der Waals surface area (Å²) in [5.41, 5.74) is 0.193. The summed E-state index contributed by atoms with van der Waals surface area (Å²) in [6.45, 7) is 4.37. The predicted octanol–water partition coefficient (Wildman–Crippen LogP) is 1.35. The van der Waals surface area contributed by atoms with E-state index in [0.29, 0.717) is 32.5 Å². The molecule has 0 N–H and O–H groups in total. The number of ether oxygens (including phenoxy) is 1. The van der Waals surface area contributed by atoms with E-state index in [1.165, 1.54) is 19.1 Å².